The molecule has 0 saturated heterocycles. The Bertz CT molecular complexity index is 1400. The van der Waals surface area contributed by atoms with Gasteiger partial charge >= 0.3 is 0 Å². The van der Waals surface area contributed by atoms with Crippen molar-refractivity contribution in [2.45, 2.75) is 52.1 Å². The minimum absolute atomic E-state index is 0.125. The van der Waals surface area contributed by atoms with Gasteiger partial charge in [0.2, 0.25) is 0 Å². The van der Waals surface area contributed by atoms with Crippen molar-refractivity contribution in [2.75, 3.05) is 0 Å². The van der Waals surface area contributed by atoms with Gasteiger partial charge in [-0.1, -0.05) is 30.3 Å². The van der Waals surface area contributed by atoms with Crippen LogP contribution in [0.2, 0.25) is 0 Å². The maximum atomic E-state index is 13.3. The number of aromatic amines is 1. The summed E-state index contributed by atoms with van der Waals surface area (Å²) in [6.07, 6.45) is 3.89. The van der Waals surface area contributed by atoms with Gasteiger partial charge in [0.05, 0.1) is 17.1 Å². The molecule has 168 valence electrons. The molecule has 1 amide bonds. The Morgan fingerprint density at radius 3 is 2.67 bits per heavy atom. The summed E-state index contributed by atoms with van der Waals surface area (Å²) in [5.41, 5.74) is 5.11. The van der Waals surface area contributed by atoms with Crippen molar-refractivity contribution >= 4 is 16.9 Å². The Labute approximate surface area is 191 Å². The predicted octanol–water partition coefficient (Wildman–Crippen LogP) is 4.48. The van der Waals surface area contributed by atoms with Crippen molar-refractivity contribution in [3.8, 4) is 11.1 Å². The topological polar surface area (TPSA) is 92.7 Å². The van der Waals surface area contributed by atoms with Crippen molar-refractivity contribution in [1.29, 1.82) is 0 Å². The van der Waals surface area contributed by atoms with Gasteiger partial charge in [-0.3, -0.25) is 9.59 Å². The number of hydrogen-bond acceptors (Lipinski definition) is 4. The number of pyridine rings is 2. The van der Waals surface area contributed by atoms with Gasteiger partial charge < -0.3 is 10.3 Å². The first-order chi connectivity index (χ1) is 15.9. The van der Waals surface area contributed by atoms with E-state index in [0.29, 0.717) is 17.0 Å². The van der Waals surface area contributed by atoms with Crippen molar-refractivity contribution in [2.24, 2.45) is 0 Å². The van der Waals surface area contributed by atoms with Gasteiger partial charge in [-0.15, -0.1) is 0 Å². The number of rotatable bonds is 6. The molecule has 7 nitrogen and oxygen atoms in total. The largest absolute Gasteiger partial charge is 0.348 e. The molecule has 0 atom stereocenters. The molecule has 3 aromatic heterocycles. The number of aryl methyl sites for hydroxylation is 1. The molecule has 4 aromatic rings. The first-order valence-electron chi connectivity index (χ1n) is 11.4. The average molecular weight is 442 g/mol. The van der Waals surface area contributed by atoms with Crippen LogP contribution < -0.4 is 10.9 Å². The summed E-state index contributed by atoms with van der Waals surface area (Å²) in [6.45, 7) is 6.08. The first-order valence-corrected chi connectivity index (χ1v) is 11.4. The zero-order valence-electron chi connectivity index (χ0n) is 19.1. The van der Waals surface area contributed by atoms with E-state index in [1.54, 1.807) is 6.20 Å². The lowest BCUT2D eigenvalue weighted by Gasteiger charge is -2.13. The monoisotopic (exact) mass is 441 g/mol. The van der Waals surface area contributed by atoms with Crippen LogP contribution in [0, 0.1) is 6.92 Å². The van der Waals surface area contributed by atoms with E-state index in [0.717, 1.165) is 46.4 Å². The molecule has 1 fully saturated rings. The predicted molar refractivity (Wildman–Crippen MR) is 128 cm³/mol. The molecule has 0 bridgehead atoms. The van der Waals surface area contributed by atoms with Crippen molar-refractivity contribution in [3.63, 3.8) is 0 Å². The molecule has 0 unspecified atom stereocenters. The number of carbonyl (C=O) groups excluding carboxylic acids is 1. The molecule has 7 heteroatoms. The summed E-state index contributed by atoms with van der Waals surface area (Å²) < 4.78 is 1.86. The minimum atomic E-state index is -0.230. The number of nitrogens with one attached hydrogen (secondary N) is 2. The fraction of sp³-hybridized carbons (Fsp3) is 0.308. The molecule has 1 saturated carbocycles. The number of hydrogen-bond donors (Lipinski definition) is 2. The normalized spacial score (nSPS) is 13.6. The zero-order valence-corrected chi connectivity index (χ0v) is 19.1. The summed E-state index contributed by atoms with van der Waals surface area (Å²) in [5.74, 6) is 0.174. The first kappa shape index (κ1) is 21.1. The lowest BCUT2D eigenvalue weighted by atomic mass is 10.00. The van der Waals surface area contributed by atoms with E-state index >= 15 is 0 Å². The number of aromatic nitrogens is 4. The molecular weight excluding hydrogens is 414 g/mol. The highest BCUT2D eigenvalue weighted by Gasteiger charge is 2.28. The van der Waals surface area contributed by atoms with Crippen LogP contribution in [-0.4, -0.2) is 25.7 Å². The SMILES string of the molecule is Cc1cc(-c2ccccc2)c(CNC(=O)c2cc(C3CC3)nc3c2cnn3C(C)C)c(=O)[nH]1. The van der Waals surface area contributed by atoms with Crippen molar-refractivity contribution in [3.05, 3.63) is 81.5 Å². The molecule has 1 aliphatic rings. The second-order valence-electron chi connectivity index (χ2n) is 9.01. The molecule has 1 aromatic carbocycles. The Kier molecular flexibility index (Phi) is 5.32. The second-order valence-corrected chi connectivity index (χ2v) is 9.01. The van der Waals surface area contributed by atoms with E-state index in [1.807, 2.05) is 67.9 Å². The van der Waals surface area contributed by atoms with Crippen LogP contribution >= 0.6 is 0 Å². The summed E-state index contributed by atoms with van der Waals surface area (Å²) in [6, 6.07) is 13.7. The number of benzene rings is 1. The summed E-state index contributed by atoms with van der Waals surface area (Å²) in [4.78, 5) is 33.8. The number of carbonyl (C=O) groups is 1. The molecule has 0 spiro atoms. The maximum Gasteiger partial charge on any atom is 0.253 e. The van der Waals surface area contributed by atoms with Crippen molar-refractivity contribution in [1.82, 2.24) is 25.1 Å². The molecule has 5 rings (SSSR count). The third-order valence-electron chi connectivity index (χ3n) is 6.10. The Morgan fingerprint density at radius 1 is 1.21 bits per heavy atom. The molecule has 1 aliphatic carbocycles. The van der Waals surface area contributed by atoms with E-state index in [9.17, 15) is 9.59 Å². The van der Waals surface area contributed by atoms with Crippen LogP contribution in [0.4, 0.5) is 0 Å². The van der Waals surface area contributed by atoms with Gasteiger partial charge in [0.1, 0.15) is 0 Å². The Hall–Kier alpha value is -3.74. The highest BCUT2D eigenvalue weighted by molar-refractivity contribution is 6.05. The third kappa shape index (κ3) is 4.06. The van der Waals surface area contributed by atoms with E-state index in [-0.39, 0.29) is 24.1 Å². The van der Waals surface area contributed by atoms with Crippen LogP contribution in [-0.2, 0) is 6.54 Å². The van der Waals surface area contributed by atoms with Crippen molar-refractivity contribution < 1.29 is 4.79 Å². The standard InChI is InChI=1S/C26H27N5O2/c1-15(2)31-24-21(14-28-31)20(12-23(30-24)18-9-10-18)25(32)27-13-22-19(11-16(3)29-26(22)33)17-7-5-4-6-8-17/h4-8,11-12,14-15,18H,9-10,13H2,1-3H3,(H,27,32)(H,29,33). The second kappa shape index (κ2) is 8.31. The smallest absolute Gasteiger partial charge is 0.253 e. The average Bonchev–Trinajstić information content (AvgIpc) is 3.56. The summed E-state index contributed by atoms with van der Waals surface area (Å²) in [7, 11) is 0. The minimum Gasteiger partial charge on any atom is -0.348 e. The molecule has 3 heterocycles. The Morgan fingerprint density at radius 2 is 1.97 bits per heavy atom. The molecule has 0 radical (unpaired) electrons. The van der Waals surface area contributed by atoms with E-state index in [1.165, 1.54) is 0 Å². The Balaban J connectivity index is 1.50. The van der Waals surface area contributed by atoms with Gasteiger partial charge in [-0.2, -0.15) is 5.10 Å². The van der Waals surface area contributed by atoms with E-state index < -0.39 is 0 Å². The third-order valence-corrected chi connectivity index (χ3v) is 6.10. The highest BCUT2D eigenvalue weighted by atomic mass is 16.1. The van der Waals surface area contributed by atoms with Crippen LogP contribution in [0.1, 0.15) is 66.0 Å². The van der Waals surface area contributed by atoms with Crippen LogP contribution in [0.3, 0.4) is 0 Å². The van der Waals surface area contributed by atoms with Crippen LogP contribution in [0.5, 0.6) is 0 Å². The molecule has 33 heavy (non-hydrogen) atoms. The van der Waals surface area contributed by atoms with Gasteiger partial charge in [-0.25, -0.2) is 9.67 Å². The number of nitrogens with zero attached hydrogens (tertiary/aromatic N) is 3. The van der Waals surface area contributed by atoms with Gasteiger partial charge in [0.25, 0.3) is 11.5 Å². The lowest BCUT2D eigenvalue weighted by Crippen LogP contribution is -2.28. The number of amides is 1. The van der Waals surface area contributed by atoms with Crippen LogP contribution in [0.25, 0.3) is 22.2 Å². The molecular formula is C26H27N5O2. The van der Waals surface area contributed by atoms with Gasteiger partial charge in [-0.05, 0) is 56.9 Å². The number of fused-ring (bicyclic) bond motifs is 1. The summed E-state index contributed by atoms with van der Waals surface area (Å²) in [5, 5.41) is 8.18. The molecule has 0 aliphatic heterocycles. The molecule has 2 N–H and O–H groups in total. The fourth-order valence-corrected chi connectivity index (χ4v) is 4.22. The van der Waals surface area contributed by atoms with Gasteiger partial charge in [0.15, 0.2) is 5.65 Å². The van der Waals surface area contributed by atoms with E-state index in [4.69, 9.17) is 4.98 Å². The number of H-pyrrole nitrogens is 1. The van der Waals surface area contributed by atoms with Crippen LogP contribution in [0.15, 0.2) is 53.5 Å². The zero-order chi connectivity index (χ0) is 23.1. The quantitative estimate of drug-likeness (QED) is 0.461. The van der Waals surface area contributed by atoms with Gasteiger partial charge in [0, 0.05) is 35.5 Å². The lowest BCUT2D eigenvalue weighted by molar-refractivity contribution is 0.0952. The highest BCUT2D eigenvalue weighted by Crippen LogP contribution is 2.40. The maximum absolute atomic E-state index is 13.3. The summed E-state index contributed by atoms with van der Waals surface area (Å²) >= 11 is 0. The van der Waals surface area contributed by atoms with E-state index in [2.05, 4.69) is 15.4 Å². The fourth-order valence-electron chi connectivity index (χ4n) is 4.22.